The maximum Gasteiger partial charge on any atom is 0.0962 e. The van der Waals surface area contributed by atoms with Gasteiger partial charge in [0.2, 0.25) is 0 Å². The molecule has 0 radical (unpaired) electrons. The molecule has 92 valence electrons. The van der Waals surface area contributed by atoms with Gasteiger partial charge in [-0.05, 0) is 38.8 Å². The molecule has 0 saturated carbocycles. The van der Waals surface area contributed by atoms with Crippen LogP contribution in [0.2, 0.25) is 0 Å². The van der Waals surface area contributed by atoms with Crippen LogP contribution in [-0.4, -0.2) is 51.3 Å². The van der Waals surface area contributed by atoms with Gasteiger partial charge in [0.1, 0.15) is 0 Å². The molecule has 1 N–H and O–H groups in total. The Kier molecular flexibility index (Phi) is 6.39. The first kappa shape index (κ1) is 13.4. The average molecular weight is 225 g/mol. The van der Waals surface area contributed by atoms with E-state index in [0.717, 1.165) is 26.1 Å². The van der Waals surface area contributed by atoms with Gasteiger partial charge in [0, 0.05) is 20.2 Å². The maximum atomic E-state index is 8.84. The lowest BCUT2D eigenvalue weighted by Crippen LogP contribution is -2.39. The highest BCUT2D eigenvalue weighted by Crippen LogP contribution is 2.16. The van der Waals surface area contributed by atoms with E-state index in [1.54, 1.807) is 7.11 Å². The first-order chi connectivity index (χ1) is 7.80. The standard InChI is InChI=1S/C12H23N3O/c1-14-12(8-13)5-7-15-6-3-4-11(9-15)10-16-2/h11-12,14H,3-7,9-10H2,1-2H3. The second-order valence-corrected chi connectivity index (χ2v) is 4.52. The van der Waals surface area contributed by atoms with Crippen molar-refractivity contribution >= 4 is 0 Å². The van der Waals surface area contributed by atoms with Gasteiger partial charge in [0.15, 0.2) is 0 Å². The third kappa shape index (κ3) is 4.48. The molecule has 0 aromatic heterocycles. The highest BCUT2D eigenvalue weighted by Gasteiger charge is 2.20. The second kappa shape index (κ2) is 7.61. The van der Waals surface area contributed by atoms with E-state index in [1.807, 2.05) is 7.05 Å². The van der Waals surface area contributed by atoms with Crippen molar-refractivity contribution in [1.82, 2.24) is 10.2 Å². The third-order valence-electron chi connectivity index (χ3n) is 3.24. The molecule has 1 aliphatic heterocycles. The molecule has 4 nitrogen and oxygen atoms in total. The van der Waals surface area contributed by atoms with Crippen LogP contribution in [0.25, 0.3) is 0 Å². The molecule has 16 heavy (non-hydrogen) atoms. The molecular formula is C12H23N3O. The summed E-state index contributed by atoms with van der Waals surface area (Å²) in [7, 11) is 3.61. The lowest BCUT2D eigenvalue weighted by molar-refractivity contribution is 0.0895. The Bertz CT molecular complexity index is 225. The molecule has 0 amide bonds. The molecule has 1 heterocycles. The first-order valence-corrected chi connectivity index (χ1v) is 6.08. The predicted octanol–water partition coefficient (Wildman–Crippen LogP) is 0.846. The fraction of sp³-hybridized carbons (Fsp3) is 0.917. The van der Waals surface area contributed by atoms with Crippen molar-refractivity contribution < 1.29 is 4.74 Å². The predicted molar refractivity (Wildman–Crippen MR) is 64.1 cm³/mol. The zero-order valence-electron chi connectivity index (χ0n) is 10.4. The molecular weight excluding hydrogens is 202 g/mol. The van der Waals surface area contributed by atoms with E-state index in [1.165, 1.54) is 19.4 Å². The summed E-state index contributed by atoms with van der Waals surface area (Å²) >= 11 is 0. The van der Waals surface area contributed by atoms with Crippen LogP contribution in [0.5, 0.6) is 0 Å². The molecule has 1 rings (SSSR count). The van der Waals surface area contributed by atoms with E-state index in [9.17, 15) is 0 Å². The van der Waals surface area contributed by atoms with Crippen LogP contribution >= 0.6 is 0 Å². The molecule has 4 heteroatoms. The summed E-state index contributed by atoms with van der Waals surface area (Å²) in [6.45, 7) is 4.17. The fourth-order valence-electron chi connectivity index (χ4n) is 2.31. The Labute approximate surface area is 98.6 Å². The second-order valence-electron chi connectivity index (χ2n) is 4.52. The van der Waals surface area contributed by atoms with Crippen molar-refractivity contribution in [2.24, 2.45) is 5.92 Å². The molecule has 0 aromatic carbocycles. The SMILES string of the molecule is CNC(C#N)CCN1CCCC(COC)C1. The molecule has 2 atom stereocenters. The van der Waals surface area contributed by atoms with Gasteiger partial charge in [-0.2, -0.15) is 5.26 Å². The van der Waals surface area contributed by atoms with Crippen molar-refractivity contribution in [3.8, 4) is 6.07 Å². The minimum Gasteiger partial charge on any atom is -0.384 e. The lowest BCUT2D eigenvalue weighted by Gasteiger charge is -2.32. The Morgan fingerprint density at radius 1 is 1.62 bits per heavy atom. The monoisotopic (exact) mass is 225 g/mol. The number of piperidine rings is 1. The molecule has 0 aromatic rings. The van der Waals surface area contributed by atoms with Crippen molar-refractivity contribution in [3.05, 3.63) is 0 Å². The van der Waals surface area contributed by atoms with E-state index < -0.39 is 0 Å². The first-order valence-electron chi connectivity index (χ1n) is 6.08. The summed E-state index contributed by atoms with van der Waals surface area (Å²) in [5, 5.41) is 11.9. The highest BCUT2D eigenvalue weighted by atomic mass is 16.5. The number of nitrogens with one attached hydrogen (secondary N) is 1. The largest absolute Gasteiger partial charge is 0.384 e. The van der Waals surface area contributed by atoms with E-state index in [4.69, 9.17) is 10.00 Å². The summed E-state index contributed by atoms with van der Waals surface area (Å²) in [4.78, 5) is 2.45. The lowest BCUT2D eigenvalue weighted by atomic mass is 9.98. The minimum atomic E-state index is -0.0113. The van der Waals surface area contributed by atoms with Gasteiger partial charge in [-0.3, -0.25) is 0 Å². The Balaban J connectivity index is 2.24. The summed E-state index contributed by atoms with van der Waals surface area (Å²) in [6.07, 6.45) is 3.44. The summed E-state index contributed by atoms with van der Waals surface area (Å²) in [6, 6.07) is 2.25. The van der Waals surface area contributed by atoms with Crippen molar-refractivity contribution in [2.45, 2.75) is 25.3 Å². The van der Waals surface area contributed by atoms with Crippen LogP contribution < -0.4 is 5.32 Å². The number of hydrogen-bond donors (Lipinski definition) is 1. The summed E-state index contributed by atoms with van der Waals surface area (Å²) in [5.41, 5.74) is 0. The molecule has 0 spiro atoms. The Morgan fingerprint density at radius 2 is 2.44 bits per heavy atom. The number of hydrogen-bond acceptors (Lipinski definition) is 4. The average Bonchev–Trinajstić information content (AvgIpc) is 2.31. The van der Waals surface area contributed by atoms with Gasteiger partial charge in [0.25, 0.3) is 0 Å². The Morgan fingerprint density at radius 3 is 3.06 bits per heavy atom. The van der Waals surface area contributed by atoms with Crippen molar-refractivity contribution in [3.63, 3.8) is 0 Å². The van der Waals surface area contributed by atoms with Gasteiger partial charge in [0.05, 0.1) is 18.7 Å². The topological polar surface area (TPSA) is 48.3 Å². The summed E-state index contributed by atoms with van der Waals surface area (Å²) < 4.78 is 5.21. The van der Waals surface area contributed by atoms with Crippen molar-refractivity contribution in [2.75, 3.05) is 40.4 Å². The van der Waals surface area contributed by atoms with Gasteiger partial charge in [-0.25, -0.2) is 0 Å². The number of likely N-dealkylation sites (tertiary alicyclic amines) is 1. The van der Waals surface area contributed by atoms with Crippen LogP contribution in [0.1, 0.15) is 19.3 Å². The van der Waals surface area contributed by atoms with Crippen LogP contribution in [0, 0.1) is 17.2 Å². The van der Waals surface area contributed by atoms with Crippen LogP contribution in [0.3, 0.4) is 0 Å². The zero-order chi connectivity index (χ0) is 11.8. The van der Waals surface area contributed by atoms with Gasteiger partial charge < -0.3 is 15.0 Å². The number of ether oxygens (including phenoxy) is 1. The number of nitriles is 1. The smallest absolute Gasteiger partial charge is 0.0962 e. The molecule has 1 aliphatic rings. The van der Waals surface area contributed by atoms with E-state index in [0.29, 0.717) is 5.92 Å². The molecule has 1 fully saturated rings. The van der Waals surface area contributed by atoms with Gasteiger partial charge in [-0.1, -0.05) is 0 Å². The zero-order valence-corrected chi connectivity index (χ0v) is 10.4. The maximum absolute atomic E-state index is 8.84. The molecule has 2 unspecified atom stereocenters. The normalized spacial score (nSPS) is 23.9. The molecule has 0 bridgehead atoms. The number of rotatable bonds is 6. The van der Waals surface area contributed by atoms with Crippen molar-refractivity contribution in [1.29, 1.82) is 5.26 Å². The quantitative estimate of drug-likeness (QED) is 0.728. The van der Waals surface area contributed by atoms with E-state index in [-0.39, 0.29) is 6.04 Å². The van der Waals surface area contributed by atoms with Gasteiger partial charge in [-0.15, -0.1) is 0 Å². The fourth-order valence-corrected chi connectivity index (χ4v) is 2.31. The highest BCUT2D eigenvalue weighted by molar-refractivity contribution is 4.89. The van der Waals surface area contributed by atoms with Crippen LogP contribution in [0.15, 0.2) is 0 Å². The van der Waals surface area contributed by atoms with Gasteiger partial charge >= 0.3 is 0 Å². The van der Waals surface area contributed by atoms with Crippen LogP contribution in [0.4, 0.5) is 0 Å². The Hall–Kier alpha value is -0.630. The number of methoxy groups -OCH3 is 1. The minimum absolute atomic E-state index is 0.0113. The van der Waals surface area contributed by atoms with E-state index in [2.05, 4.69) is 16.3 Å². The molecule has 0 aliphatic carbocycles. The molecule has 1 saturated heterocycles. The van der Waals surface area contributed by atoms with Crippen LogP contribution in [-0.2, 0) is 4.74 Å². The third-order valence-corrected chi connectivity index (χ3v) is 3.24. The summed E-state index contributed by atoms with van der Waals surface area (Å²) in [5.74, 6) is 0.675. The number of nitrogens with zero attached hydrogens (tertiary/aromatic N) is 2. The van der Waals surface area contributed by atoms with E-state index >= 15 is 0 Å².